The van der Waals surface area contributed by atoms with Crippen molar-refractivity contribution < 1.29 is 4.39 Å². The summed E-state index contributed by atoms with van der Waals surface area (Å²) in [5.41, 5.74) is 3.56. The number of nitrogens with one attached hydrogen (secondary N) is 1. The van der Waals surface area contributed by atoms with Crippen molar-refractivity contribution in [3.63, 3.8) is 0 Å². The van der Waals surface area contributed by atoms with Gasteiger partial charge in [0.15, 0.2) is 0 Å². The average Bonchev–Trinajstić information content (AvgIpc) is 2.40. The van der Waals surface area contributed by atoms with Crippen molar-refractivity contribution in [2.75, 3.05) is 7.05 Å². The Bertz CT molecular complexity index is 641. The Labute approximate surface area is 128 Å². The van der Waals surface area contributed by atoms with Crippen molar-refractivity contribution in [3.05, 3.63) is 68.4 Å². The second kappa shape index (κ2) is 6.13. The van der Waals surface area contributed by atoms with Gasteiger partial charge in [-0.3, -0.25) is 0 Å². The van der Waals surface area contributed by atoms with Crippen LogP contribution in [0.25, 0.3) is 0 Å². The molecule has 1 N–H and O–H groups in total. The zero-order valence-electron chi connectivity index (χ0n) is 11.6. The average molecular weight is 312 g/mol. The fourth-order valence-electron chi connectivity index (χ4n) is 2.30. The van der Waals surface area contributed by atoms with Gasteiger partial charge in [-0.15, -0.1) is 0 Å². The Morgan fingerprint density at radius 1 is 1.00 bits per heavy atom. The van der Waals surface area contributed by atoms with Gasteiger partial charge in [0.2, 0.25) is 0 Å². The van der Waals surface area contributed by atoms with Crippen LogP contribution in [0, 0.1) is 19.7 Å². The van der Waals surface area contributed by atoms with Crippen molar-refractivity contribution in [1.82, 2.24) is 5.32 Å². The van der Waals surface area contributed by atoms with E-state index in [-0.39, 0.29) is 11.9 Å². The summed E-state index contributed by atoms with van der Waals surface area (Å²) >= 11 is 12.3. The van der Waals surface area contributed by atoms with Gasteiger partial charge in [0, 0.05) is 10.0 Å². The maximum absolute atomic E-state index is 13.5. The molecule has 0 saturated heterocycles. The van der Waals surface area contributed by atoms with E-state index in [4.69, 9.17) is 23.2 Å². The molecule has 0 aliphatic rings. The van der Waals surface area contributed by atoms with Crippen LogP contribution in [0.3, 0.4) is 0 Å². The van der Waals surface area contributed by atoms with E-state index < -0.39 is 0 Å². The molecule has 0 aliphatic heterocycles. The van der Waals surface area contributed by atoms with Crippen LogP contribution in [0.2, 0.25) is 10.0 Å². The van der Waals surface area contributed by atoms with E-state index in [0.29, 0.717) is 15.6 Å². The molecule has 0 aromatic heterocycles. The van der Waals surface area contributed by atoms with Gasteiger partial charge in [-0.1, -0.05) is 29.3 Å². The van der Waals surface area contributed by atoms with Crippen molar-refractivity contribution in [2.24, 2.45) is 0 Å². The first kappa shape index (κ1) is 15.3. The summed E-state index contributed by atoms with van der Waals surface area (Å²) in [7, 11) is 1.85. The van der Waals surface area contributed by atoms with Crippen molar-refractivity contribution >= 4 is 23.2 Å². The van der Waals surface area contributed by atoms with Gasteiger partial charge < -0.3 is 5.32 Å². The van der Waals surface area contributed by atoms with Crippen molar-refractivity contribution in [2.45, 2.75) is 19.9 Å². The number of halogens is 3. The smallest absolute Gasteiger partial charge is 0.127 e. The molecule has 1 unspecified atom stereocenters. The summed E-state index contributed by atoms with van der Waals surface area (Å²) < 4.78 is 13.5. The maximum atomic E-state index is 13.5. The van der Waals surface area contributed by atoms with E-state index in [2.05, 4.69) is 5.32 Å². The monoisotopic (exact) mass is 311 g/mol. The Kier molecular flexibility index (Phi) is 4.69. The Morgan fingerprint density at radius 3 is 2.35 bits per heavy atom. The topological polar surface area (TPSA) is 12.0 Å². The Hall–Kier alpha value is -1.09. The number of rotatable bonds is 3. The molecule has 0 bridgehead atoms. The van der Waals surface area contributed by atoms with Gasteiger partial charge in [-0.2, -0.15) is 0 Å². The summed E-state index contributed by atoms with van der Waals surface area (Å²) in [6.45, 7) is 3.74. The minimum atomic E-state index is -0.295. The first-order valence-corrected chi connectivity index (χ1v) is 7.08. The van der Waals surface area contributed by atoms with Gasteiger partial charge in [-0.05, 0) is 67.4 Å². The molecule has 2 rings (SSSR count). The molecule has 0 fully saturated rings. The molecular weight excluding hydrogens is 296 g/mol. The highest BCUT2D eigenvalue weighted by Gasteiger charge is 2.19. The highest BCUT2D eigenvalue weighted by Crippen LogP contribution is 2.32. The third-order valence-corrected chi connectivity index (χ3v) is 3.99. The van der Waals surface area contributed by atoms with E-state index in [1.54, 1.807) is 13.0 Å². The Morgan fingerprint density at radius 2 is 1.70 bits per heavy atom. The summed E-state index contributed by atoms with van der Waals surface area (Å²) in [6.07, 6.45) is 0. The Balaban J connectivity index is 2.58. The predicted octanol–water partition coefficient (Wildman–Crippen LogP) is 5.06. The molecule has 106 valence electrons. The number of hydrogen-bond acceptors (Lipinski definition) is 1. The molecule has 20 heavy (non-hydrogen) atoms. The molecule has 0 heterocycles. The SMILES string of the molecule is CNC(c1cc(Cl)ccc1C)c1cc(C)c(F)cc1Cl. The number of benzene rings is 2. The van der Waals surface area contributed by atoms with Gasteiger partial charge in [0.25, 0.3) is 0 Å². The van der Waals surface area contributed by atoms with Crippen molar-refractivity contribution in [3.8, 4) is 0 Å². The standard InChI is InChI=1S/C16H16Cl2FN/c1-9-4-5-11(17)7-12(9)16(20-3)13-6-10(2)15(19)8-14(13)18/h4-8,16,20H,1-3H3. The number of hydrogen-bond donors (Lipinski definition) is 1. The van der Waals surface area contributed by atoms with Crippen LogP contribution >= 0.6 is 23.2 Å². The van der Waals surface area contributed by atoms with Crippen LogP contribution in [-0.2, 0) is 0 Å². The molecule has 0 spiro atoms. The molecule has 1 nitrogen and oxygen atoms in total. The molecule has 2 aromatic rings. The molecule has 1 atom stereocenters. The summed E-state index contributed by atoms with van der Waals surface area (Å²) in [6, 6.07) is 8.74. The van der Waals surface area contributed by atoms with Crippen molar-refractivity contribution in [1.29, 1.82) is 0 Å². The third kappa shape index (κ3) is 2.98. The van der Waals surface area contributed by atoms with E-state index in [1.807, 2.05) is 32.2 Å². The van der Waals surface area contributed by atoms with Gasteiger partial charge in [0.05, 0.1) is 6.04 Å². The van der Waals surface area contributed by atoms with E-state index in [1.165, 1.54) is 6.07 Å². The lowest BCUT2D eigenvalue weighted by atomic mass is 9.94. The quantitative estimate of drug-likeness (QED) is 0.835. The minimum Gasteiger partial charge on any atom is -0.309 e. The van der Waals surface area contributed by atoms with Crippen LogP contribution in [0.5, 0.6) is 0 Å². The molecule has 0 saturated carbocycles. The largest absolute Gasteiger partial charge is 0.309 e. The summed E-state index contributed by atoms with van der Waals surface area (Å²) in [4.78, 5) is 0. The van der Waals surface area contributed by atoms with Crippen LogP contribution < -0.4 is 5.32 Å². The molecule has 0 radical (unpaired) electrons. The van der Waals surface area contributed by atoms with Gasteiger partial charge in [-0.25, -0.2) is 4.39 Å². The normalized spacial score (nSPS) is 12.5. The van der Waals surface area contributed by atoms with Gasteiger partial charge >= 0.3 is 0 Å². The zero-order chi connectivity index (χ0) is 14.9. The second-order valence-corrected chi connectivity index (χ2v) is 5.69. The highest BCUT2D eigenvalue weighted by atomic mass is 35.5. The second-order valence-electron chi connectivity index (χ2n) is 4.85. The van der Waals surface area contributed by atoms with Crippen LogP contribution in [0.4, 0.5) is 4.39 Å². The fraction of sp³-hybridized carbons (Fsp3) is 0.250. The molecule has 0 aliphatic carbocycles. The molecule has 0 amide bonds. The van der Waals surface area contributed by atoms with Crippen LogP contribution in [0.15, 0.2) is 30.3 Å². The molecular formula is C16H16Cl2FN. The third-order valence-electron chi connectivity index (χ3n) is 3.43. The first-order chi connectivity index (χ1) is 9.43. The maximum Gasteiger partial charge on any atom is 0.127 e. The lowest BCUT2D eigenvalue weighted by Gasteiger charge is -2.21. The first-order valence-electron chi connectivity index (χ1n) is 6.33. The summed E-state index contributed by atoms with van der Waals surface area (Å²) in [5.74, 6) is -0.295. The highest BCUT2D eigenvalue weighted by molar-refractivity contribution is 6.31. The van der Waals surface area contributed by atoms with E-state index >= 15 is 0 Å². The fourth-order valence-corrected chi connectivity index (χ4v) is 2.74. The van der Waals surface area contributed by atoms with E-state index in [9.17, 15) is 4.39 Å². The van der Waals surface area contributed by atoms with Crippen LogP contribution in [0.1, 0.15) is 28.3 Å². The zero-order valence-corrected chi connectivity index (χ0v) is 13.1. The van der Waals surface area contributed by atoms with E-state index in [0.717, 1.165) is 16.7 Å². The summed E-state index contributed by atoms with van der Waals surface area (Å²) in [5, 5.41) is 4.30. The minimum absolute atomic E-state index is 0.125. The lowest BCUT2D eigenvalue weighted by molar-refractivity contribution is 0.614. The molecule has 2 aromatic carbocycles. The number of aryl methyl sites for hydroxylation is 2. The molecule has 4 heteroatoms. The lowest BCUT2D eigenvalue weighted by Crippen LogP contribution is -2.19. The van der Waals surface area contributed by atoms with Gasteiger partial charge in [0.1, 0.15) is 5.82 Å². The van der Waals surface area contributed by atoms with Crippen LogP contribution in [-0.4, -0.2) is 7.05 Å². The predicted molar refractivity (Wildman–Crippen MR) is 83.2 cm³/mol.